The van der Waals surface area contributed by atoms with Gasteiger partial charge in [-0.3, -0.25) is 4.79 Å². The summed E-state index contributed by atoms with van der Waals surface area (Å²) in [6, 6.07) is 26.4. The van der Waals surface area contributed by atoms with E-state index in [1.54, 1.807) is 11.3 Å². The van der Waals surface area contributed by atoms with Crippen LogP contribution in [0.15, 0.2) is 90.1 Å². The lowest BCUT2D eigenvalue weighted by atomic mass is 9.95. The maximum Gasteiger partial charge on any atom is 0.254 e. The molecule has 2 aromatic heterocycles. The van der Waals surface area contributed by atoms with Crippen LogP contribution < -0.4 is 5.32 Å². The molecule has 5 aromatic rings. The summed E-state index contributed by atoms with van der Waals surface area (Å²) in [4.78, 5) is 19.7. The van der Waals surface area contributed by atoms with Crippen molar-refractivity contribution in [2.45, 2.75) is 38.8 Å². The molecule has 4 nitrogen and oxygen atoms in total. The first-order valence-corrected chi connectivity index (χ1v) is 14.2. The number of amides is 1. The Morgan fingerprint density at radius 3 is 2.55 bits per heavy atom. The number of aliphatic imine (C=N–C) groups is 1. The highest BCUT2D eigenvalue weighted by molar-refractivity contribution is 7.16. The van der Waals surface area contributed by atoms with Crippen LogP contribution in [0.25, 0.3) is 10.9 Å². The number of aryl methyl sites for hydroxylation is 1. The van der Waals surface area contributed by atoms with Gasteiger partial charge in [-0.15, -0.1) is 11.3 Å². The molecule has 0 fully saturated rings. The highest BCUT2D eigenvalue weighted by Gasteiger charge is 2.25. The number of hydrogen-bond donors (Lipinski definition) is 1. The predicted octanol–water partition coefficient (Wildman–Crippen LogP) is 7.96. The quantitative estimate of drug-likeness (QED) is 0.210. The van der Waals surface area contributed by atoms with Crippen LogP contribution in [0.5, 0.6) is 0 Å². The Balaban J connectivity index is 1.32. The van der Waals surface area contributed by atoms with Gasteiger partial charge in [0.05, 0.1) is 5.56 Å². The van der Waals surface area contributed by atoms with Crippen LogP contribution in [-0.2, 0) is 25.9 Å². The molecule has 0 saturated carbocycles. The Morgan fingerprint density at radius 2 is 1.71 bits per heavy atom. The molecule has 0 aliphatic heterocycles. The van der Waals surface area contributed by atoms with Crippen molar-refractivity contribution in [2.75, 3.05) is 0 Å². The van der Waals surface area contributed by atoms with Crippen molar-refractivity contribution in [3.8, 4) is 0 Å². The maximum atomic E-state index is 13.4. The number of fused-ring (bicyclic) bond motifs is 2. The van der Waals surface area contributed by atoms with Gasteiger partial charge in [0.2, 0.25) is 0 Å². The lowest BCUT2D eigenvalue weighted by molar-refractivity contribution is 0.0951. The zero-order chi connectivity index (χ0) is 25.9. The van der Waals surface area contributed by atoms with Crippen LogP contribution in [-0.4, -0.2) is 16.7 Å². The molecule has 2 heterocycles. The third kappa shape index (κ3) is 5.17. The van der Waals surface area contributed by atoms with Gasteiger partial charge in [-0.25, -0.2) is 4.99 Å². The van der Waals surface area contributed by atoms with Crippen molar-refractivity contribution in [2.24, 2.45) is 4.99 Å². The van der Waals surface area contributed by atoms with Gasteiger partial charge in [-0.05, 0) is 60.6 Å². The van der Waals surface area contributed by atoms with Gasteiger partial charge in [0.25, 0.3) is 5.91 Å². The van der Waals surface area contributed by atoms with E-state index in [-0.39, 0.29) is 5.91 Å². The van der Waals surface area contributed by atoms with Crippen LogP contribution in [0.2, 0.25) is 5.02 Å². The fourth-order valence-corrected chi connectivity index (χ4v) is 6.52. The average molecular weight is 538 g/mol. The number of hydrogen-bond acceptors (Lipinski definition) is 3. The summed E-state index contributed by atoms with van der Waals surface area (Å²) >= 11 is 7.75. The molecule has 38 heavy (non-hydrogen) atoms. The van der Waals surface area contributed by atoms with E-state index < -0.39 is 0 Å². The molecule has 1 aliphatic rings. The summed E-state index contributed by atoms with van der Waals surface area (Å²) in [6.07, 6.45) is 8.31. The van der Waals surface area contributed by atoms with Crippen molar-refractivity contribution in [1.29, 1.82) is 0 Å². The van der Waals surface area contributed by atoms with E-state index in [0.717, 1.165) is 63.4 Å². The van der Waals surface area contributed by atoms with Gasteiger partial charge in [0.15, 0.2) is 0 Å². The van der Waals surface area contributed by atoms with Crippen molar-refractivity contribution in [1.82, 2.24) is 9.88 Å². The number of nitrogens with one attached hydrogen (secondary N) is 1. The largest absolute Gasteiger partial charge is 0.348 e. The van der Waals surface area contributed by atoms with Gasteiger partial charge in [-0.1, -0.05) is 72.3 Å². The topological polar surface area (TPSA) is 46.4 Å². The molecule has 0 spiro atoms. The van der Waals surface area contributed by atoms with Gasteiger partial charge in [0, 0.05) is 51.9 Å². The number of carbonyl (C=O) groups is 1. The SMILES string of the molecule is O=C(NCc1ccccc1)c1c(N=Cc2cn(Cc3ccc(Cl)cc3)c3ccccc23)sc2c1CCCC2. The van der Waals surface area contributed by atoms with Gasteiger partial charge in [-0.2, -0.15) is 0 Å². The van der Waals surface area contributed by atoms with E-state index in [1.807, 2.05) is 48.7 Å². The summed E-state index contributed by atoms with van der Waals surface area (Å²) < 4.78 is 2.24. The minimum Gasteiger partial charge on any atom is -0.348 e. The highest BCUT2D eigenvalue weighted by atomic mass is 35.5. The van der Waals surface area contributed by atoms with E-state index in [1.165, 1.54) is 22.4 Å². The highest BCUT2D eigenvalue weighted by Crippen LogP contribution is 2.40. The van der Waals surface area contributed by atoms with E-state index in [2.05, 4.69) is 52.5 Å². The first-order chi connectivity index (χ1) is 18.7. The number of carbonyl (C=O) groups excluding carboxylic acids is 1. The Kier molecular flexibility index (Phi) is 7.12. The zero-order valence-electron chi connectivity index (χ0n) is 21.0. The Hall–Kier alpha value is -3.67. The number of benzene rings is 3. The molecular weight excluding hydrogens is 510 g/mol. The number of nitrogens with zero attached hydrogens (tertiary/aromatic N) is 2. The molecule has 6 rings (SSSR count). The smallest absolute Gasteiger partial charge is 0.254 e. The van der Waals surface area contributed by atoms with Crippen LogP contribution in [0.1, 0.15) is 50.3 Å². The predicted molar refractivity (Wildman–Crippen MR) is 158 cm³/mol. The number of rotatable bonds is 7. The molecule has 0 atom stereocenters. The average Bonchev–Trinajstić information content (AvgIpc) is 3.50. The second-order valence-corrected chi connectivity index (χ2v) is 11.2. The van der Waals surface area contributed by atoms with E-state index in [0.29, 0.717) is 6.54 Å². The lowest BCUT2D eigenvalue weighted by Crippen LogP contribution is -2.24. The molecular formula is C32H28ClN3OS. The molecule has 1 aliphatic carbocycles. The number of thiophene rings is 1. The van der Waals surface area contributed by atoms with Gasteiger partial charge < -0.3 is 9.88 Å². The molecule has 190 valence electrons. The summed E-state index contributed by atoms with van der Waals surface area (Å²) in [5.74, 6) is -0.0365. The molecule has 0 unspecified atom stereocenters. The summed E-state index contributed by atoms with van der Waals surface area (Å²) in [7, 11) is 0. The van der Waals surface area contributed by atoms with Crippen LogP contribution >= 0.6 is 22.9 Å². The fourth-order valence-electron chi connectivity index (χ4n) is 5.17. The van der Waals surface area contributed by atoms with Gasteiger partial charge in [0.1, 0.15) is 5.00 Å². The molecule has 1 amide bonds. The molecule has 0 saturated heterocycles. The maximum absolute atomic E-state index is 13.4. The monoisotopic (exact) mass is 537 g/mol. The normalized spacial score (nSPS) is 13.2. The Morgan fingerprint density at radius 1 is 0.947 bits per heavy atom. The van der Waals surface area contributed by atoms with Crippen molar-refractivity contribution < 1.29 is 4.79 Å². The van der Waals surface area contributed by atoms with Crippen LogP contribution in [0.4, 0.5) is 5.00 Å². The summed E-state index contributed by atoms with van der Waals surface area (Å²) in [5.41, 5.74) is 6.39. The summed E-state index contributed by atoms with van der Waals surface area (Å²) in [5, 5.41) is 5.82. The molecule has 1 N–H and O–H groups in total. The van der Waals surface area contributed by atoms with E-state index >= 15 is 0 Å². The van der Waals surface area contributed by atoms with E-state index in [9.17, 15) is 4.79 Å². The lowest BCUT2D eigenvalue weighted by Gasteiger charge is -2.12. The van der Waals surface area contributed by atoms with Crippen molar-refractivity contribution >= 4 is 51.0 Å². The molecule has 0 radical (unpaired) electrons. The minimum absolute atomic E-state index is 0.0365. The molecule has 0 bridgehead atoms. The first kappa shape index (κ1) is 24.7. The third-order valence-electron chi connectivity index (χ3n) is 7.08. The molecule has 3 aromatic carbocycles. The number of halogens is 1. The number of aromatic nitrogens is 1. The fraction of sp³-hybridized carbons (Fsp3) is 0.188. The van der Waals surface area contributed by atoms with Gasteiger partial charge >= 0.3 is 0 Å². The molecule has 6 heteroatoms. The minimum atomic E-state index is -0.0365. The van der Waals surface area contributed by atoms with Crippen molar-refractivity contribution in [3.63, 3.8) is 0 Å². The van der Waals surface area contributed by atoms with Crippen LogP contribution in [0.3, 0.4) is 0 Å². The summed E-state index contributed by atoms with van der Waals surface area (Å²) in [6.45, 7) is 1.25. The first-order valence-electron chi connectivity index (χ1n) is 13.0. The third-order valence-corrected chi connectivity index (χ3v) is 8.53. The second kappa shape index (κ2) is 11.0. The zero-order valence-corrected chi connectivity index (χ0v) is 22.6. The Bertz CT molecular complexity index is 1620. The number of para-hydroxylation sites is 1. The second-order valence-electron chi connectivity index (χ2n) is 9.67. The van der Waals surface area contributed by atoms with Crippen molar-refractivity contribution in [3.05, 3.63) is 123 Å². The van der Waals surface area contributed by atoms with E-state index in [4.69, 9.17) is 16.6 Å². The van der Waals surface area contributed by atoms with Crippen LogP contribution in [0, 0.1) is 0 Å². The Labute approximate surface area is 231 Å². The standard InChI is InChI=1S/C32H28ClN3OS/c33-25-16-14-23(15-17-25)20-36-21-24(26-10-4-6-12-28(26)36)19-35-32-30(27-11-5-7-13-29(27)38-32)31(37)34-18-22-8-2-1-3-9-22/h1-4,6,8-10,12,14-17,19,21H,5,7,11,13,18,20H2,(H,34,37).